The predicted octanol–water partition coefficient (Wildman–Crippen LogP) is 6.58. The van der Waals surface area contributed by atoms with Gasteiger partial charge in [0.1, 0.15) is 0 Å². The second-order valence-electron chi connectivity index (χ2n) is 8.16. The summed E-state index contributed by atoms with van der Waals surface area (Å²) in [5.41, 5.74) is 7.95. The van der Waals surface area contributed by atoms with Crippen LogP contribution in [0.4, 0.5) is 5.69 Å². The maximum Gasteiger partial charge on any atom is 0.173 e. The Balaban J connectivity index is 1.57. The van der Waals surface area contributed by atoms with E-state index in [0.29, 0.717) is 11.7 Å². The van der Waals surface area contributed by atoms with E-state index in [4.69, 9.17) is 23.8 Å². The van der Waals surface area contributed by atoms with E-state index in [9.17, 15) is 0 Å². The van der Waals surface area contributed by atoms with Crippen molar-refractivity contribution in [1.82, 2.24) is 14.9 Å². The quantitative estimate of drug-likeness (QED) is 0.317. The monoisotopic (exact) mass is 462 g/mol. The molecule has 2 heterocycles. The van der Waals surface area contributed by atoms with Crippen molar-refractivity contribution in [2.24, 2.45) is 0 Å². The third-order valence-corrected chi connectivity index (χ3v) is 6.30. The van der Waals surface area contributed by atoms with Crippen LogP contribution in [0.5, 0.6) is 0 Å². The van der Waals surface area contributed by atoms with Gasteiger partial charge in [-0.2, -0.15) is 0 Å². The number of pyridine rings is 1. The molecule has 0 unspecified atom stereocenters. The zero-order chi connectivity index (χ0) is 22.7. The largest absolute Gasteiger partial charge is 0.358 e. The second kappa shape index (κ2) is 9.72. The number of halogens is 1. The minimum atomic E-state index is 0.639. The number of hydrogen-bond donors (Lipinski definition) is 2. The lowest BCUT2D eigenvalue weighted by Crippen LogP contribution is -2.36. The lowest BCUT2D eigenvalue weighted by Gasteiger charge is -2.26. The highest BCUT2D eigenvalue weighted by Crippen LogP contribution is 2.26. The Bertz CT molecular complexity index is 1250. The second-order valence-corrected chi connectivity index (χ2v) is 8.98. The Kier molecular flexibility index (Phi) is 6.77. The van der Waals surface area contributed by atoms with Gasteiger partial charge < -0.3 is 15.2 Å². The van der Waals surface area contributed by atoms with E-state index in [1.165, 1.54) is 22.1 Å². The summed E-state index contributed by atoms with van der Waals surface area (Å²) in [6, 6.07) is 18.3. The number of anilines is 1. The fraction of sp³-hybridized carbons (Fsp3) is 0.231. The molecule has 0 amide bonds. The van der Waals surface area contributed by atoms with Gasteiger partial charge in [-0.15, -0.1) is 0 Å². The zero-order valence-electron chi connectivity index (χ0n) is 18.6. The number of nitrogens with zero attached hydrogens (tertiary/aromatic N) is 2. The Morgan fingerprint density at radius 3 is 2.69 bits per heavy atom. The van der Waals surface area contributed by atoms with Crippen molar-refractivity contribution >= 4 is 45.5 Å². The number of aromatic nitrogens is 2. The van der Waals surface area contributed by atoms with Crippen molar-refractivity contribution in [2.45, 2.75) is 33.7 Å². The Labute approximate surface area is 199 Å². The lowest BCUT2D eigenvalue weighted by molar-refractivity contribution is 0.417. The Hall–Kier alpha value is -2.89. The third-order valence-electron chi connectivity index (χ3n) is 5.70. The first-order valence-electron chi connectivity index (χ1n) is 10.7. The number of H-pyrrole nitrogens is 1. The van der Waals surface area contributed by atoms with E-state index < -0.39 is 0 Å². The number of hydrogen-bond acceptors (Lipinski definition) is 2. The van der Waals surface area contributed by atoms with E-state index in [1.807, 2.05) is 42.6 Å². The number of thiocarbonyl (C=S) groups is 1. The van der Waals surface area contributed by atoms with Gasteiger partial charge in [0.05, 0.1) is 12.2 Å². The van der Waals surface area contributed by atoms with Crippen LogP contribution in [-0.2, 0) is 13.0 Å². The molecular formula is C26H27ClN4S. The third kappa shape index (κ3) is 5.12. The highest BCUT2D eigenvalue weighted by atomic mass is 35.5. The minimum absolute atomic E-state index is 0.639. The minimum Gasteiger partial charge on any atom is -0.358 e. The van der Waals surface area contributed by atoms with Crippen LogP contribution in [0.25, 0.3) is 10.9 Å². The standard InChI is InChI=1S/C26H27ClN4S/c1-17-7-9-24(18(2)14-17)30-26(32)31(16-21-6-4-5-12-28-21)13-11-22-19(3)29-25-10-8-20(27)15-23(22)25/h4-10,12,14-15,29H,11,13,16H2,1-3H3,(H,30,32). The van der Waals surface area contributed by atoms with Gasteiger partial charge in [-0.25, -0.2) is 0 Å². The van der Waals surface area contributed by atoms with Gasteiger partial charge in [-0.1, -0.05) is 35.4 Å². The van der Waals surface area contributed by atoms with Crippen LogP contribution < -0.4 is 5.32 Å². The van der Waals surface area contributed by atoms with Gasteiger partial charge >= 0.3 is 0 Å². The molecular weight excluding hydrogens is 436 g/mol. The van der Waals surface area contributed by atoms with Crippen molar-refractivity contribution in [1.29, 1.82) is 0 Å². The molecule has 6 heteroatoms. The molecule has 0 aliphatic carbocycles. The van der Waals surface area contributed by atoms with Crippen molar-refractivity contribution in [2.75, 3.05) is 11.9 Å². The Morgan fingerprint density at radius 1 is 1.09 bits per heavy atom. The SMILES string of the molecule is Cc1ccc(NC(=S)N(CCc2c(C)[nH]c3ccc(Cl)cc23)Cc2ccccn2)c(C)c1. The maximum atomic E-state index is 6.27. The maximum absolute atomic E-state index is 6.27. The first kappa shape index (κ1) is 22.3. The van der Waals surface area contributed by atoms with Crippen LogP contribution in [-0.4, -0.2) is 26.5 Å². The molecule has 0 bridgehead atoms. The number of fused-ring (bicyclic) bond motifs is 1. The number of rotatable bonds is 6. The van der Waals surface area contributed by atoms with Crippen LogP contribution in [0.1, 0.15) is 28.1 Å². The van der Waals surface area contributed by atoms with Gasteiger partial charge in [0, 0.05) is 40.0 Å². The summed E-state index contributed by atoms with van der Waals surface area (Å²) < 4.78 is 0. The van der Waals surface area contributed by atoms with E-state index in [2.05, 4.69) is 59.2 Å². The molecule has 0 saturated carbocycles. The summed E-state index contributed by atoms with van der Waals surface area (Å²) >= 11 is 12.1. The molecule has 0 aliphatic rings. The van der Waals surface area contributed by atoms with E-state index in [1.54, 1.807) is 0 Å². The zero-order valence-corrected chi connectivity index (χ0v) is 20.1. The molecule has 32 heavy (non-hydrogen) atoms. The molecule has 0 saturated heterocycles. The number of benzene rings is 2. The smallest absolute Gasteiger partial charge is 0.173 e. The molecule has 0 radical (unpaired) electrons. The molecule has 164 valence electrons. The van der Waals surface area contributed by atoms with Gasteiger partial charge in [0.15, 0.2) is 5.11 Å². The van der Waals surface area contributed by atoms with Crippen molar-refractivity contribution in [3.63, 3.8) is 0 Å². The van der Waals surface area contributed by atoms with Gasteiger partial charge in [0.2, 0.25) is 0 Å². The first-order valence-corrected chi connectivity index (χ1v) is 11.5. The molecule has 2 aromatic carbocycles. The molecule has 4 aromatic rings. The highest BCUT2D eigenvalue weighted by Gasteiger charge is 2.15. The first-order chi connectivity index (χ1) is 15.4. The fourth-order valence-electron chi connectivity index (χ4n) is 4.01. The van der Waals surface area contributed by atoms with Crippen molar-refractivity contribution < 1.29 is 0 Å². The van der Waals surface area contributed by atoms with E-state index in [0.717, 1.165) is 40.6 Å². The number of nitrogens with one attached hydrogen (secondary N) is 2. The number of aryl methyl sites for hydroxylation is 3. The van der Waals surface area contributed by atoms with Gasteiger partial charge in [-0.05, 0) is 86.9 Å². The van der Waals surface area contributed by atoms with Gasteiger partial charge in [-0.3, -0.25) is 4.98 Å². The molecule has 2 aromatic heterocycles. The molecule has 2 N–H and O–H groups in total. The average Bonchev–Trinajstić information content (AvgIpc) is 3.08. The summed E-state index contributed by atoms with van der Waals surface area (Å²) in [7, 11) is 0. The molecule has 0 spiro atoms. The van der Waals surface area contributed by atoms with Crippen LogP contribution >= 0.6 is 23.8 Å². The molecule has 4 rings (SSSR count). The molecule has 0 aliphatic heterocycles. The average molecular weight is 463 g/mol. The van der Waals surface area contributed by atoms with Crippen molar-refractivity contribution in [3.05, 3.63) is 93.9 Å². The fourth-order valence-corrected chi connectivity index (χ4v) is 4.45. The van der Waals surface area contributed by atoms with E-state index in [-0.39, 0.29) is 0 Å². The molecule has 0 fully saturated rings. The summed E-state index contributed by atoms with van der Waals surface area (Å²) in [5.74, 6) is 0. The van der Waals surface area contributed by atoms with Crippen LogP contribution in [0.3, 0.4) is 0 Å². The summed E-state index contributed by atoms with van der Waals surface area (Å²) in [6.45, 7) is 7.70. The summed E-state index contributed by atoms with van der Waals surface area (Å²) in [6.07, 6.45) is 2.66. The Morgan fingerprint density at radius 2 is 1.94 bits per heavy atom. The topological polar surface area (TPSA) is 44.0 Å². The summed E-state index contributed by atoms with van der Waals surface area (Å²) in [5, 5.41) is 6.06. The predicted molar refractivity (Wildman–Crippen MR) is 139 cm³/mol. The number of aromatic amines is 1. The van der Waals surface area contributed by atoms with Crippen LogP contribution in [0, 0.1) is 20.8 Å². The molecule has 4 nitrogen and oxygen atoms in total. The van der Waals surface area contributed by atoms with Crippen LogP contribution in [0.15, 0.2) is 60.8 Å². The molecule has 0 atom stereocenters. The highest BCUT2D eigenvalue weighted by molar-refractivity contribution is 7.80. The van der Waals surface area contributed by atoms with E-state index >= 15 is 0 Å². The van der Waals surface area contributed by atoms with Crippen LogP contribution in [0.2, 0.25) is 5.02 Å². The summed E-state index contributed by atoms with van der Waals surface area (Å²) in [4.78, 5) is 10.2. The lowest BCUT2D eigenvalue weighted by atomic mass is 10.1. The normalized spacial score (nSPS) is 11.0. The van der Waals surface area contributed by atoms with Gasteiger partial charge in [0.25, 0.3) is 0 Å². The van der Waals surface area contributed by atoms with Crippen molar-refractivity contribution in [3.8, 4) is 0 Å².